The molecular formula is C21H22F3N7O2. The fourth-order valence-electron chi connectivity index (χ4n) is 3.86. The van der Waals surface area contributed by atoms with Gasteiger partial charge in [-0.1, -0.05) is 30.3 Å². The SMILES string of the molecule is NC(=O)C(Cc1ccccc1)NC(=O)C1CCN(c2ccc3nnc(C(F)(F)F)n3n2)CC1. The normalized spacial score (nSPS) is 16.0. The lowest BCUT2D eigenvalue weighted by atomic mass is 9.95. The number of benzene rings is 1. The number of amides is 2. The fraction of sp³-hybridized carbons (Fsp3) is 0.381. The number of hydrogen-bond donors (Lipinski definition) is 2. The molecule has 3 heterocycles. The highest BCUT2D eigenvalue weighted by Crippen LogP contribution is 2.28. The van der Waals surface area contributed by atoms with E-state index in [4.69, 9.17) is 5.73 Å². The number of nitrogens with one attached hydrogen (secondary N) is 1. The molecule has 0 saturated carbocycles. The van der Waals surface area contributed by atoms with E-state index in [1.807, 2.05) is 30.3 Å². The Balaban J connectivity index is 1.39. The zero-order valence-corrected chi connectivity index (χ0v) is 17.5. The number of aromatic nitrogens is 4. The van der Waals surface area contributed by atoms with Gasteiger partial charge < -0.3 is 16.0 Å². The maximum Gasteiger partial charge on any atom is 0.453 e. The molecule has 0 radical (unpaired) electrons. The number of nitrogens with two attached hydrogens (primary N) is 1. The first kappa shape index (κ1) is 22.5. The monoisotopic (exact) mass is 461 g/mol. The number of fused-ring (bicyclic) bond motifs is 1. The van der Waals surface area contributed by atoms with Gasteiger partial charge in [-0.05, 0) is 30.5 Å². The molecule has 1 fully saturated rings. The molecule has 33 heavy (non-hydrogen) atoms. The molecule has 1 atom stereocenters. The molecule has 9 nitrogen and oxygen atoms in total. The van der Waals surface area contributed by atoms with Gasteiger partial charge in [-0.15, -0.1) is 15.3 Å². The molecule has 0 spiro atoms. The summed E-state index contributed by atoms with van der Waals surface area (Å²) in [7, 11) is 0. The van der Waals surface area contributed by atoms with Crippen molar-refractivity contribution in [2.24, 2.45) is 11.7 Å². The molecule has 1 unspecified atom stereocenters. The quantitative estimate of drug-likeness (QED) is 0.575. The van der Waals surface area contributed by atoms with Crippen LogP contribution in [0.2, 0.25) is 0 Å². The molecule has 1 aliphatic rings. The summed E-state index contributed by atoms with van der Waals surface area (Å²) in [5.41, 5.74) is 6.35. The van der Waals surface area contributed by atoms with E-state index in [0.29, 0.717) is 42.7 Å². The Labute approximate surface area is 186 Å². The molecule has 1 saturated heterocycles. The Kier molecular flexibility index (Phi) is 6.16. The van der Waals surface area contributed by atoms with Crippen molar-refractivity contribution in [3.05, 3.63) is 53.9 Å². The van der Waals surface area contributed by atoms with Crippen molar-refractivity contribution in [1.29, 1.82) is 0 Å². The van der Waals surface area contributed by atoms with E-state index in [-0.39, 0.29) is 17.5 Å². The standard InChI is InChI=1S/C21H22F3N7O2/c22-21(23,24)20-28-27-16-6-7-17(29-31(16)20)30-10-8-14(9-11-30)19(33)26-15(18(25)32)12-13-4-2-1-3-5-13/h1-7,14-15H,8-12H2,(H2,25,32)(H,26,33). The molecule has 174 valence electrons. The highest BCUT2D eigenvalue weighted by Gasteiger charge is 2.38. The van der Waals surface area contributed by atoms with Crippen molar-refractivity contribution in [3.8, 4) is 0 Å². The minimum atomic E-state index is -4.67. The highest BCUT2D eigenvalue weighted by atomic mass is 19.4. The van der Waals surface area contributed by atoms with Gasteiger partial charge in [0.25, 0.3) is 5.82 Å². The zero-order chi connectivity index (χ0) is 23.6. The minimum Gasteiger partial charge on any atom is -0.368 e. The Morgan fingerprint density at radius 1 is 1.09 bits per heavy atom. The predicted molar refractivity (Wildman–Crippen MR) is 112 cm³/mol. The summed E-state index contributed by atoms with van der Waals surface area (Å²) in [6, 6.07) is 11.4. The molecule has 2 amide bonds. The van der Waals surface area contributed by atoms with Crippen molar-refractivity contribution >= 4 is 23.3 Å². The Hall–Kier alpha value is -3.70. The van der Waals surface area contributed by atoms with Gasteiger partial charge in [0.05, 0.1) is 0 Å². The third-order valence-corrected chi connectivity index (χ3v) is 5.63. The van der Waals surface area contributed by atoms with Gasteiger partial charge in [-0.25, -0.2) is 0 Å². The first-order valence-electron chi connectivity index (χ1n) is 10.4. The number of primary amides is 1. The minimum absolute atomic E-state index is 0.00347. The lowest BCUT2D eigenvalue weighted by Crippen LogP contribution is -2.49. The number of carbonyl (C=O) groups excluding carboxylic acids is 2. The number of nitrogens with zero attached hydrogens (tertiary/aromatic N) is 5. The van der Waals surface area contributed by atoms with E-state index in [9.17, 15) is 22.8 Å². The summed E-state index contributed by atoms with van der Waals surface area (Å²) < 4.78 is 40.0. The number of halogens is 3. The Bertz CT molecular complexity index is 1140. The smallest absolute Gasteiger partial charge is 0.368 e. The van der Waals surface area contributed by atoms with Crippen LogP contribution in [-0.2, 0) is 22.2 Å². The lowest BCUT2D eigenvalue weighted by Gasteiger charge is -2.32. The van der Waals surface area contributed by atoms with Crippen LogP contribution in [0.4, 0.5) is 19.0 Å². The third kappa shape index (κ3) is 5.04. The van der Waals surface area contributed by atoms with Crippen molar-refractivity contribution in [1.82, 2.24) is 25.1 Å². The summed E-state index contributed by atoms with van der Waals surface area (Å²) in [6.45, 7) is 0.833. The molecule has 3 aromatic rings. The summed E-state index contributed by atoms with van der Waals surface area (Å²) in [6.07, 6.45) is -3.47. The number of rotatable bonds is 6. The maximum absolute atomic E-state index is 13.1. The molecule has 1 aliphatic heterocycles. The number of anilines is 1. The first-order valence-corrected chi connectivity index (χ1v) is 10.4. The Morgan fingerprint density at radius 2 is 1.79 bits per heavy atom. The second-order valence-electron chi connectivity index (χ2n) is 7.90. The molecule has 1 aromatic carbocycles. The topological polar surface area (TPSA) is 119 Å². The van der Waals surface area contributed by atoms with Gasteiger partial charge in [0, 0.05) is 25.4 Å². The van der Waals surface area contributed by atoms with Crippen molar-refractivity contribution < 1.29 is 22.8 Å². The predicted octanol–water partition coefficient (Wildman–Crippen LogP) is 1.57. The van der Waals surface area contributed by atoms with Crippen molar-refractivity contribution in [2.45, 2.75) is 31.5 Å². The average Bonchev–Trinajstić information content (AvgIpc) is 3.23. The van der Waals surface area contributed by atoms with Crippen LogP contribution >= 0.6 is 0 Å². The van der Waals surface area contributed by atoms with E-state index in [1.54, 1.807) is 11.0 Å². The van der Waals surface area contributed by atoms with Crippen LogP contribution in [0, 0.1) is 5.92 Å². The van der Waals surface area contributed by atoms with Gasteiger partial charge in [0.2, 0.25) is 11.8 Å². The summed E-state index contributed by atoms with van der Waals surface area (Å²) in [5, 5.41) is 13.5. The highest BCUT2D eigenvalue weighted by molar-refractivity contribution is 5.87. The van der Waals surface area contributed by atoms with Gasteiger partial charge in [-0.2, -0.15) is 17.7 Å². The molecule has 3 N–H and O–H groups in total. The van der Waals surface area contributed by atoms with Gasteiger partial charge in [-0.3, -0.25) is 9.59 Å². The number of carbonyl (C=O) groups is 2. The number of alkyl halides is 3. The fourth-order valence-corrected chi connectivity index (χ4v) is 3.86. The van der Waals surface area contributed by atoms with Crippen LogP contribution in [0.15, 0.2) is 42.5 Å². The van der Waals surface area contributed by atoms with Crippen LogP contribution in [0.5, 0.6) is 0 Å². The van der Waals surface area contributed by atoms with Crippen LogP contribution in [0.3, 0.4) is 0 Å². The molecule has 4 rings (SSSR count). The van der Waals surface area contributed by atoms with Gasteiger partial charge in [0.1, 0.15) is 11.9 Å². The van der Waals surface area contributed by atoms with Crippen LogP contribution in [-0.4, -0.2) is 50.8 Å². The summed E-state index contributed by atoms with van der Waals surface area (Å²) >= 11 is 0. The average molecular weight is 461 g/mol. The van der Waals surface area contributed by atoms with Crippen molar-refractivity contribution in [2.75, 3.05) is 18.0 Å². The van der Waals surface area contributed by atoms with Gasteiger partial charge in [0.15, 0.2) is 5.65 Å². The van der Waals surface area contributed by atoms with E-state index >= 15 is 0 Å². The van der Waals surface area contributed by atoms with Crippen LogP contribution < -0.4 is 16.0 Å². The van der Waals surface area contributed by atoms with Crippen LogP contribution in [0.1, 0.15) is 24.2 Å². The van der Waals surface area contributed by atoms with E-state index in [2.05, 4.69) is 20.6 Å². The lowest BCUT2D eigenvalue weighted by molar-refractivity contribution is -0.146. The summed E-state index contributed by atoms with van der Waals surface area (Å²) in [5.74, 6) is -2.08. The molecule has 0 bridgehead atoms. The second-order valence-corrected chi connectivity index (χ2v) is 7.90. The summed E-state index contributed by atoms with van der Waals surface area (Å²) in [4.78, 5) is 26.4. The number of hydrogen-bond acceptors (Lipinski definition) is 6. The molecular weight excluding hydrogens is 439 g/mol. The largest absolute Gasteiger partial charge is 0.453 e. The van der Waals surface area contributed by atoms with Crippen LogP contribution in [0.25, 0.3) is 5.65 Å². The molecule has 12 heteroatoms. The third-order valence-electron chi connectivity index (χ3n) is 5.63. The van der Waals surface area contributed by atoms with E-state index in [0.717, 1.165) is 5.56 Å². The van der Waals surface area contributed by atoms with Gasteiger partial charge >= 0.3 is 6.18 Å². The van der Waals surface area contributed by atoms with Crippen molar-refractivity contribution in [3.63, 3.8) is 0 Å². The van der Waals surface area contributed by atoms with E-state index in [1.165, 1.54) is 6.07 Å². The molecule has 2 aromatic heterocycles. The second kappa shape index (κ2) is 9.04. The van der Waals surface area contributed by atoms with E-state index < -0.39 is 23.9 Å². The number of piperidine rings is 1. The molecule has 0 aliphatic carbocycles. The Morgan fingerprint density at radius 3 is 2.42 bits per heavy atom. The first-order chi connectivity index (χ1) is 15.7. The zero-order valence-electron chi connectivity index (χ0n) is 17.5. The maximum atomic E-state index is 13.1.